The van der Waals surface area contributed by atoms with E-state index in [1.807, 2.05) is 0 Å². The van der Waals surface area contributed by atoms with Gasteiger partial charge in [-0.15, -0.1) is 0 Å². The van der Waals surface area contributed by atoms with Gasteiger partial charge in [0.1, 0.15) is 0 Å². The van der Waals surface area contributed by atoms with Crippen LogP contribution >= 0.6 is 31.9 Å². The third-order valence-electron chi connectivity index (χ3n) is 1.46. The lowest BCUT2D eigenvalue weighted by atomic mass is 10.0. The van der Waals surface area contributed by atoms with Crippen LogP contribution in [0.3, 0.4) is 0 Å². The molecule has 0 saturated heterocycles. The normalized spacial score (nSPS) is 47.6. The van der Waals surface area contributed by atoms with E-state index in [1.165, 1.54) is 0 Å². The van der Waals surface area contributed by atoms with E-state index in [1.54, 1.807) is 12.2 Å². The van der Waals surface area contributed by atoms with Gasteiger partial charge >= 0.3 is 0 Å². The van der Waals surface area contributed by atoms with Crippen molar-refractivity contribution in [2.75, 3.05) is 0 Å². The van der Waals surface area contributed by atoms with Crippen molar-refractivity contribution in [3.05, 3.63) is 12.2 Å². The third kappa shape index (κ3) is 1.61. The van der Waals surface area contributed by atoms with E-state index >= 15 is 0 Å². The molecule has 4 atom stereocenters. The molecule has 0 spiro atoms. The number of halogens is 2. The van der Waals surface area contributed by atoms with Gasteiger partial charge < -0.3 is 10.2 Å². The molecule has 0 fully saturated rings. The van der Waals surface area contributed by atoms with Gasteiger partial charge in [-0.25, -0.2) is 0 Å². The molecule has 4 heteroatoms. The Balaban J connectivity index is 2.69. The van der Waals surface area contributed by atoms with Crippen molar-refractivity contribution in [1.29, 1.82) is 0 Å². The monoisotopic (exact) mass is 270 g/mol. The molecule has 0 saturated carbocycles. The lowest BCUT2D eigenvalue weighted by Gasteiger charge is -2.26. The molecule has 0 heterocycles. The molecule has 1 aliphatic rings. The van der Waals surface area contributed by atoms with Gasteiger partial charge in [-0.3, -0.25) is 0 Å². The Morgan fingerprint density at radius 3 is 1.50 bits per heavy atom. The van der Waals surface area contributed by atoms with Gasteiger partial charge in [-0.05, 0) is 0 Å². The highest BCUT2D eigenvalue weighted by molar-refractivity contribution is 9.12. The van der Waals surface area contributed by atoms with E-state index < -0.39 is 12.2 Å². The molecule has 0 aromatic rings. The molecule has 0 unspecified atom stereocenters. The fourth-order valence-corrected chi connectivity index (χ4v) is 1.79. The number of hydrogen-bond donors (Lipinski definition) is 2. The number of aliphatic hydroxyl groups excluding tert-OH is 2. The minimum atomic E-state index is -0.507. The highest BCUT2D eigenvalue weighted by Gasteiger charge is 2.30. The molecule has 0 aromatic heterocycles. The van der Waals surface area contributed by atoms with Crippen LogP contribution in [0.4, 0.5) is 0 Å². The molecule has 0 aromatic carbocycles. The van der Waals surface area contributed by atoms with Crippen LogP contribution in [0.2, 0.25) is 0 Å². The van der Waals surface area contributed by atoms with Gasteiger partial charge in [0.15, 0.2) is 0 Å². The number of hydrogen-bond acceptors (Lipinski definition) is 2. The summed E-state index contributed by atoms with van der Waals surface area (Å²) in [5.41, 5.74) is 0. The Bertz CT molecular complexity index is 133. The summed E-state index contributed by atoms with van der Waals surface area (Å²) in [4.78, 5) is -0.208. The summed E-state index contributed by atoms with van der Waals surface area (Å²) in [5.74, 6) is 0. The highest BCUT2D eigenvalue weighted by atomic mass is 79.9. The Hall–Kier alpha value is 0.620. The summed E-state index contributed by atoms with van der Waals surface area (Å²) >= 11 is 6.50. The van der Waals surface area contributed by atoms with Crippen molar-refractivity contribution in [2.45, 2.75) is 21.9 Å². The second-order valence-electron chi connectivity index (χ2n) is 2.25. The van der Waals surface area contributed by atoms with Gasteiger partial charge in [0, 0.05) is 0 Å². The number of rotatable bonds is 0. The molecule has 1 rings (SSSR count). The maximum Gasteiger partial charge on any atom is 0.0858 e. The zero-order valence-corrected chi connectivity index (χ0v) is 8.29. The van der Waals surface area contributed by atoms with Crippen LogP contribution in [0.15, 0.2) is 12.2 Å². The van der Waals surface area contributed by atoms with Crippen molar-refractivity contribution in [2.24, 2.45) is 0 Å². The molecule has 10 heavy (non-hydrogen) atoms. The Morgan fingerprint density at radius 2 is 1.20 bits per heavy atom. The summed E-state index contributed by atoms with van der Waals surface area (Å²) in [6, 6.07) is 0. The average molecular weight is 272 g/mol. The second kappa shape index (κ2) is 3.34. The fourth-order valence-electron chi connectivity index (χ4n) is 0.817. The van der Waals surface area contributed by atoms with Crippen molar-refractivity contribution in [3.63, 3.8) is 0 Å². The van der Waals surface area contributed by atoms with Crippen molar-refractivity contribution < 1.29 is 10.2 Å². The first-order valence-electron chi connectivity index (χ1n) is 2.95. The fraction of sp³-hybridized carbons (Fsp3) is 0.667. The van der Waals surface area contributed by atoms with Crippen LogP contribution in [-0.4, -0.2) is 32.1 Å². The van der Waals surface area contributed by atoms with E-state index in [-0.39, 0.29) is 9.65 Å². The summed E-state index contributed by atoms with van der Waals surface area (Å²) in [6.07, 6.45) is 2.16. The molecular weight excluding hydrogens is 264 g/mol. The topological polar surface area (TPSA) is 40.5 Å². The smallest absolute Gasteiger partial charge is 0.0858 e. The average Bonchev–Trinajstić information content (AvgIpc) is 1.93. The summed E-state index contributed by atoms with van der Waals surface area (Å²) in [7, 11) is 0. The predicted octanol–water partition coefficient (Wildman–Crippen LogP) is 0.805. The quantitative estimate of drug-likeness (QED) is 0.506. The van der Waals surface area contributed by atoms with Crippen LogP contribution in [0.1, 0.15) is 0 Å². The van der Waals surface area contributed by atoms with Crippen LogP contribution in [0, 0.1) is 0 Å². The Labute approximate surface area is 76.2 Å². The number of alkyl halides is 2. The van der Waals surface area contributed by atoms with Gasteiger partial charge in [0.05, 0.1) is 21.9 Å². The third-order valence-corrected chi connectivity index (χ3v) is 4.39. The second-order valence-corrected chi connectivity index (χ2v) is 4.37. The van der Waals surface area contributed by atoms with E-state index in [0.29, 0.717) is 0 Å². The zero-order chi connectivity index (χ0) is 7.72. The molecule has 0 aliphatic heterocycles. The van der Waals surface area contributed by atoms with Crippen molar-refractivity contribution in [1.82, 2.24) is 0 Å². The number of aliphatic hydroxyl groups is 2. The zero-order valence-electron chi connectivity index (χ0n) is 5.11. The van der Waals surface area contributed by atoms with Crippen molar-refractivity contribution in [3.8, 4) is 0 Å². The molecule has 1 aliphatic carbocycles. The first kappa shape index (κ1) is 8.71. The van der Waals surface area contributed by atoms with Crippen molar-refractivity contribution >= 4 is 31.9 Å². The lowest BCUT2D eigenvalue weighted by Crippen LogP contribution is -2.38. The molecule has 2 N–H and O–H groups in total. The van der Waals surface area contributed by atoms with Gasteiger partial charge in [0.25, 0.3) is 0 Å². The Kier molecular flexibility index (Phi) is 2.91. The predicted molar refractivity (Wildman–Crippen MR) is 46.6 cm³/mol. The SMILES string of the molecule is O[C@H]1C=C[C@H](O)[C@@H](Br)[C@@H]1Br. The molecule has 58 valence electrons. The first-order chi connectivity index (χ1) is 4.63. The summed E-state index contributed by atoms with van der Waals surface area (Å²) in [6.45, 7) is 0. The summed E-state index contributed by atoms with van der Waals surface area (Å²) in [5, 5.41) is 18.4. The van der Waals surface area contributed by atoms with Gasteiger partial charge in [-0.2, -0.15) is 0 Å². The summed E-state index contributed by atoms with van der Waals surface area (Å²) < 4.78 is 0. The van der Waals surface area contributed by atoms with E-state index in [2.05, 4.69) is 31.9 Å². The van der Waals surface area contributed by atoms with Gasteiger partial charge in [0.2, 0.25) is 0 Å². The molecule has 2 nitrogen and oxygen atoms in total. The largest absolute Gasteiger partial charge is 0.388 e. The molecule has 0 amide bonds. The molecular formula is C6H8Br2O2. The molecule has 0 bridgehead atoms. The maximum absolute atomic E-state index is 9.19. The van der Waals surface area contributed by atoms with Crippen LogP contribution in [0.5, 0.6) is 0 Å². The maximum atomic E-state index is 9.19. The van der Waals surface area contributed by atoms with Crippen LogP contribution in [0.25, 0.3) is 0 Å². The lowest BCUT2D eigenvalue weighted by molar-refractivity contribution is 0.161. The van der Waals surface area contributed by atoms with E-state index in [4.69, 9.17) is 0 Å². The minimum Gasteiger partial charge on any atom is -0.388 e. The Morgan fingerprint density at radius 1 is 0.900 bits per heavy atom. The molecule has 0 radical (unpaired) electrons. The van der Waals surface area contributed by atoms with Crippen LogP contribution < -0.4 is 0 Å². The standard InChI is InChI=1S/C6H8Br2O2/c7-5-3(9)1-2-4(10)6(5)8/h1-6,9-10H/t3-,4-,5+,6+/m0/s1. The van der Waals surface area contributed by atoms with E-state index in [9.17, 15) is 10.2 Å². The van der Waals surface area contributed by atoms with E-state index in [0.717, 1.165) is 0 Å². The van der Waals surface area contributed by atoms with Crippen LogP contribution in [-0.2, 0) is 0 Å². The first-order valence-corrected chi connectivity index (χ1v) is 4.78. The highest BCUT2D eigenvalue weighted by Crippen LogP contribution is 2.26. The minimum absolute atomic E-state index is 0.104. The van der Waals surface area contributed by atoms with Gasteiger partial charge in [-0.1, -0.05) is 44.0 Å².